The highest BCUT2D eigenvalue weighted by molar-refractivity contribution is 7.99. The molecule has 7 nitrogen and oxygen atoms in total. The van der Waals surface area contributed by atoms with E-state index in [0.717, 1.165) is 11.8 Å². The van der Waals surface area contributed by atoms with Crippen LogP contribution in [0.2, 0.25) is 0 Å². The van der Waals surface area contributed by atoms with Crippen LogP contribution in [0.3, 0.4) is 0 Å². The first-order chi connectivity index (χ1) is 8.52. The van der Waals surface area contributed by atoms with Crippen LogP contribution >= 0.6 is 11.8 Å². The Balaban J connectivity index is 2.64. The zero-order valence-electron chi connectivity index (χ0n) is 9.45. The van der Waals surface area contributed by atoms with Crippen LogP contribution in [-0.2, 0) is 9.59 Å². The summed E-state index contributed by atoms with van der Waals surface area (Å²) >= 11 is 1.06. The number of aromatic nitrogens is 2. The first-order valence-electron chi connectivity index (χ1n) is 4.88. The Hall–Kier alpha value is -2.14. The number of carboxylic acids is 1. The molecule has 0 aliphatic heterocycles. The summed E-state index contributed by atoms with van der Waals surface area (Å²) in [5.41, 5.74) is 0.207. The molecule has 0 radical (unpaired) electrons. The number of nitriles is 1. The standard InChI is InChI=1S/C10H10N4O3S/c1-6(15)13-8(9(16)17)5-18-10-12-3-2-7(4-11)14-10/h2-3,8H,5H2,1H3,(H,13,15)(H,16,17)/t8-/m0/s1. The number of nitrogens with one attached hydrogen (secondary N) is 1. The van der Waals surface area contributed by atoms with Crippen LogP contribution in [0.4, 0.5) is 0 Å². The molecule has 1 aromatic rings. The van der Waals surface area contributed by atoms with Crippen molar-refractivity contribution in [3.63, 3.8) is 0 Å². The summed E-state index contributed by atoms with van der Waals surface area (Å²) in [6.45, 7) is 1.24. The van der Waals surface area contributed by atoms with E-state index < -0.39 is 17.9 Å². The van der Waals surface area contributed by atoms with E-state index in [4.69, 9.17) is 10.4 Å². The van der Waals surface area contributed by atoms with Gasteiger partial charge in [-0.25, -0.2) is 14.8 Å². The summed E-state index contributed by atoms with van der Waals surface area (Å²) in [4.78, 5) is 29.5. The first-order valence-corrected chi connectivity index (χ1v) is 5.87. The Morgan fingerprint density at radius 3 is 2.94 bits per heavy atom. The number of carbonyl (C=O) groups excluding carboxylic acids is 1. The van der Waals surface area contributed by atoms with Crippen LogP contribution < -0.4 is 5.32 Å². The normalized spacial score (nSPS) is 11.3. The van der Waals surface area contributed by atoms with Gasteiger partial charge in [0, 0.05) is 18.9 Å². The van der Waals surface area contributed by atoms with Gasteiger partial charge in [-0.05, 0) is 6.07 Å². The molecular formula is C10H10N4O3S. The summed E-state index contributed by atoms with van der Waals surface area (Å²) in [7, 11) is 0. The lowest BCUT2D eigenvalue weighted by Crippen LogP contribution is -2.41. The highest BCUT2D eigenvalue weighted by atomic mass is 32.2. The third-order valence-corrected chi connectivity index (χ3v) is 2.76. The first kappa shape index (κ1) is 13.9. The average Bonchev–Trinajstić information content (AvgIpc) is 2.34. The number of carboxylic acid groups (broad SMARTS) is 1. The van der Waals surface area contributed by atoms with Crippen molar-refractivity contribution >= 4 is 23.6 Å². The quantitative estimate of drug-likeness (QED) is 0.570. The van der Waals surface area contributed by atoms with E-state index in [1.54, 1.807) is 0 Å². The van der Waals surface area contributed by atoms with Gasteiger partial charge in [-0.1, -0.05) is 11.8 Å². The van der Waals surface area contributed by atoms with Crippen LogP contribution in [0.25, 0.3) is 0 Å². The Bertz CT molecular complexity index is 500. The molecule has 0 aliphatic rings. The Morgan fingerprint density at radius 1 is 1.67 bits per heavy atom. The lowest BCUT2D eigenvalue weighted by atomic mass is 10.3. The smallest absolute Gasteiger partial charge is 0.327 e. The summed E-state index contributed by atoms with van der Waals surface area (Å²) in [5, 5.41) is 20.1. The maximum absolute atomic E-state index is 10.9. The Labute approximate surface area is 107 Å². The highest BCUT2D eigenvalue weighted by Gasteiger charge is 2.19. The van der Waals surface area contributed by atoms with Gasteiger partial charge >= 0.3 is 5.97 Å². The molecule has 0 fully saturated rings. The molecule has 1 aromatic heterocycles. The van der Waals surface area contributed by atoms with Crippen molar-refractivity contribution in [1.29, 1.82) is 5.26 Å². The highest BCUT2D eigenvalue weighted by Crippen LogP contribution is 2.13. The fourth-order valence-corrected chi connectivity index (χ4v) is 1.89. The van der Waals surface area contributed by atoms with Crippen LogP contribution in [0.1, 0.15) is 12.6 Å². The number of hydrogen-bond acceptors (Lipinski definition) is 6. The monoisotopic (exact) mass is 266 g/mol. The molecule has 8 heteroatoms. The number of rotatable bonds is 5. The van der Waals surface area contributed by atoms with Gasteiger partial charge in [0.25, 0.3) is 0 Å². The Morgan fingerprint density at radius 2 is 2.39 bits per heavy atom. The minimum atomic E-state index is -1.13. The molecule has 1 amide bonds. The summed E-state index contributed by atoms with van der Waals surface area (Å²) in [5.74, 6) is -1.46. The molecule has 18 heavy (non-hydrogen) atoms. The molecule has 0 aromatic carbocycles. The third-order valence-electron chi connectivity index (χ3n) is 1.80. The van der Waals surface area contributed by atoms with Gasteiger partial charge in [-0.15, -0.1) is 0 Å². The van der Waals surface area contributed by atoms with E-state index in [1.165, 1.54) is 19.2 Å². The number of nitrogens with zero attached hydrogens (tertiary/aromatic N) is 3. The Kier molecular flexibility index (Phi) is 5.07. The van der Waals surface area contributed by atoms with E-state index in [2.05, 4.69) is 15.3 Å². The maximum Gasteiger partial charge on any atom is 0.327 e. The molecule has 0 spiro atoms. The van der Waals surface area contributed by atoms with E-state index >= 15 is 0 Å². The molecule has 1 heterocycles. The fourth-order valence-electron chi connectivity index (χ4n) is 1.05. The molecule has 0 bridgehead atoms. The zero-order valence-corrected chi connectivity index (χ0v) is 10.3. The SMILES string of the molecule is CC(=O)N[C@@H](CSc1nccc(C#N)n1)C(=O)O. The molecule has 94 valence electrons. The van der Waals surface area contributed by atoms with Gasteiger partial charge in [0.2, 0.25) is 5.91 Å². The average molecular weight is 266 g/mol. The van der Waals surface area contributed by atoms with Gasteiger partial charge in [-0.3, -0.25) is 4.79 Å². The lowest BCUT2D eigenvalue weighted by molar-refractivity contribution is -0.140. The van der Waals surface area contributed by atoms with Crippen LogP contribution in [0.15, 0.2) is 17.4 Å². The molecule has 1 rings (SSSR count). The van der Waals surface area contributed by atoms with Crippen molar-refractivity contribution in [3.8, 4) is 6.07 Å². The minimum Gasteiger partial charge on any atom is -0.480 e. The lowest BCUT2D eigenvalue weighted by Gasteiger charge is -2.11. The fraction of sp³-hybridized carbons (Fsp3) is 0.300. The van der Waals surface area contributed by atoms with Crippen LogP contribution in [0, 0.1) is 11.3 Å². The van der Waals surface area contributed by atoms with E-state index in [1.807, 2.05) is 6.07 Å². The second-order valence-corrected chi connectivity index (χ2v) is 4.23. The zero-order chi connectivity index (χ0) is 13.5. The van der Waals surface area contributed by atoms with Crippen molar-refractivity contribution < 1.29 is 14.7 Å². The molecular weight excluding hydrogens is 256 g/mol. The molecule has 0 saturated heterocycles. The predicted molar refractivity (Wildman–Crippen MR) is 62.7 cm³/mol. The summed E-state index contributed by atoms with van der Waals surface area (Å²) < 4.78 is 0. The maximum atomic E-state index is 10.9. The van der Waals surface area contributed by atoms with Gasteiger partial charge in [0.05, 0.1) is 0 Å². The number of aliphatic carboxylic acids is 1. The van der Waals surface area contributed by atoms with Crippen LogP contribution in [0.5, 0.6) is 0 Å². The molecule has 2 N–H and O–H groups in total. The second-order valence-electron chi connectivity index (χ2n) is 3.24. The van der Waals surface area contributed by atoms with Crippen molar-refractivity contribution in [3.05, 3.63) is 18.0 Å². The van der Waals surface area contributed by atoms with Crippen molar-refractivity contribution in [2.45, 2.75) is 18.1 Å². The topological polar surface area (TPSA) is 116 Å². The third kappa shape index (κ3) is 4.39. The van der Waals surface area contributed by atoms with Crippen molar-refractivity contribution in [1.82, 2.24) is 15.3 Å². The van der Waals surface area contributed by atoms with Gasteiger partial charge in [0.1, 0.15) is 17.8 Å². The second kappa shape index (κ2) is 6.56. The molecule has 0 aliphatic carbocycles. The molecule has 1 atom stereocenters. The number of hydrogen-bond donors (Lipinski definition) is 2. The minimum absolute atomic E-state index is 0.0871. The van der Waals surface area contributed by atoms with Gasteiger partial charge in [-0.2, -0.15) is 5.26 Å². The summed E-state index contributed by atoms with van der Waals surface area (Å²) in [6, 6.07) is 2.30. The molecule has 0 saturated carbocycles. The summed E-state index contributed by atoms with van der Waals surface area (Å²) in [6.07, 6.45) is 1.42. The van der Waals surface area contributed by atoms with Crippen molar-refractivity contribution in [2.24, 2.45) is 0 Å². The van der Waals surface area contributed by atoms with Gasteiger partial charge in [0.15, 0.2) is 5.16 Å². The predicted octanol–water partition coefficient (Wildman–Crippen LogP) is 0.0297. The largest absolute Gasteiger partial charge is 0.480 e. The van der Waals surface area contributed by atoms with Crippen molar-refractivity contribution in [2.75, 3.05) is 5.75 Å². The van der Waals surface area contributed by atoms with E-state index in [9.17, 15) is 9.59 Å². The van der Waals surface area contributed by atoms with Crippen LogP contribution in [-0.4, -0.2) is 38.7 Å². The molecule has 0 unspecified atom stereocenters. The van der Waals surface area contributed by atoms with E-state index in [-0.39, 0.29) is 11.4 Å². The number of carbonyl (C=O) groups is 2. The number of thioether (sulfide) groups is 1. The van der Waals surface area contributed by atoms with Gasteiger partial charge < -0.3 is 10.4 Å². The van der Waals surface area contributed by atoms with E-state index in [0.29, 0.717) is 5.16 Å². The number of amides is 1.